The molecule has 0 aromatic carbocycles. The van der Waals surface area contributed by atoms with Gasteiger partial charge in [0.25, 0.3) is 0 Å². The van der Waals surface area contributed by atoms with Crippen LogP contribution in [-0.4, -0.2) is 15.1 Å². The highest BCUT2D eigenvalue weighted by Crippen LogP contribution is 2.21. The molecule has 1 unspecified atom stereocenters. The molecule has 0 bridgehead atoms. The standard InChI is InChI=1S/C14H20N4O/c1-4-5-6-12(15)14-17-13(18-19-14)11-7-9(2)16-10(3)8-11/h7-8,12H,4-6,15H2,1-3H3. The molecule has 0 spiro atoms. The Hall–Kier alpha value is -1.75. The molecule has 5 heteroatoms. The Morgan fingerprint density at radius 3 is 2.53 bits per heavy atom. The highest BCUT2D eigenvalue weighted by atomic mass is 16.5. The van der Waals surface area contributed by atoms with E-state index in [2.05, 4.69) is 22.0 Å². The van der Waals surface area contributed by atoms with Gasteiger partial charge >= 0.3 is 0 Å². The average molecular weight is 260 g/mol. The van der Waals surface area contributed by atoms with E-state index in [0.717, 1.165) is 36.2 Å². The molecule has 2 aromatic rings. The van der Waals surface area contributed by atoms with E-state index in [1.807, 2.05) is 26.0 Å². The number of rotatable bonds is 5. The molecule has 0 aliphatic carbocycles. The van der Waals surface area contributed by atoms with Crippen molar-refractivity contribution >= 4 is 0 Å². The summed E-state index contributed by atoms with van der Waals surface area (Å²) in [5.74, 6) is 1.09. The second kappa shape index (κ2) is 5.93. The number of nitrogens with two attached hydrogens (primary N) is 1. The van der Waals surface area contributed by atoms with Crippen LogP contribution in [-0.2, 0) is 0 Å². The topological polar surface area (TPSA) is 77.8 Å². The third kappa shape index (κ3) is 3.38. The minimum Gasteiger partial charge on any atom is -0.337 e. The molecule has 2 aromatic heterocycles. The van der Waals surface area contributed by atoms with Crippen LogP contribution >= 0.6 is 0 Å². The molecule has 2 N–H and O–H groups in total. The Balaban J connectivity index is 2.20. The van der Waals surface area contributed by atoms with Gasteiger partial charge in [0.2, 0.25) is 11.7 Å². The molecule has 19 heavy (non-hydrogen) atoms. The Bertz CT molecular complexity index is 530. The van der Waals surface area contributed by atoms with Crippen molar-refractivity contribution < 1.29 is 4.52 Å². The van der Waals surface area contributed by atoms with Crippen LogP contribution in [0.2, 0.25) is 0 Å². The maximum absolute atomic E-state index is 6.02. The van der Waals surface area contributed by atoms with Crippen LogP contribution in [0.15, 0.2) is 16.7 Å². The van der Waals surface area contributed by atoms with E-state index < -0.39 is 0 Å². The monoisotopic (exact) mass is 260 g/mol. The highest BCUT2D eigenvalue weighted by Gasteiger charge is 2.15. The summed E-state index contributed by atoms with van der Waals surface area (Å²) in [6.45, 7) is 6.03. The third-order valence-corrected chi connectivity index (χ3v) is 2.97. The normalized spacial score (nSPS) is 12.6. The molecule has 0 saturated carbocycles. The summed E-state index contributed by atoms with van der Waals surface area (Å²) >= 11 is 0. The zero-order valence-corrected chi connectivity index (χ0v) is 11.7. The molecule has 1 atom stereocenters. The van der Waals surface area contributed by atoms with Crippen molar-refractivity contribution in [3.05, 3.63) is 29.4 Å². The van der Waals surface area contributed by atoms with Gasteiger partial charge in [-0.2, -0.15) is 4.98 Å². The van der Waals surface area contributed by atoms with E-state index in [-0.39, 0.29) is 6.04 Å². The lowest BCUT2D eigenvalue weighted by molar-refractivity contribution is 0.346. The van der Waals surface area contributed by atoms with Gasteiger partial charge in [-0.1, -0.05) is 24.9 Å². The number of pyridine rings is 1. The number of aryl methyl sites for hydroxylation is 2. The number of hydrogen-bond acceptors (Lipinski definition) is 5. The smallest absolute Gasteiger partial charge is 0.243 e. The van der Waals surface area contributed by atoms with Gasteiger partial charge in [0, 0.05) is 17.0 Å². The molecule has 2 heterocycles. The first-order chi connectivity index (χ1) is 9.10. The van der Waals surface area contributed by atoms with Crippen molar-refractivity contribution in [2.24, 2.45) is 5.73 Å². The van der Waals surface area contributed by atoms with E-state index in [1.165, 1.54) is 0 Å². The van der Waals surface area contributed by atoms with Crippen LogP contribution in [0.25, 0.3) is 11.4 Å². The van der Waals surface area contributed by atoms with Crippen LogP contribution in [0.3, 0.4) is 0 Å². The van der Waals surface area contributed by atoms with Crippen LogP contribution < -0.4 is 5.73 Å². The predicted octanol–water partition coefficient (Wildman–Crippen LogP) is 2.94. The van der Waals surface area contributed by atoms with Gasteiger partial charge in [-0.05, 0) is 32.4 Å². The Morgan fingerprint density at radius 2 is 1.89 bits per heavy atom. The Labute approximate surface area is 113 Å². The minimum atomic E-state index is -0.176. The lowest BCUT2D eigenvalue weighted by Gasteiger charge is -2.03. The molecule has 0 saturated heterocycles. The first-order valence-electron chi connectivity index (χ1n) is 6.65. The number of nitrogens with zero attached hydrogens (tertiary/aromatic N) is 3. The van der Waals surface area contributed by atoms with Crippen molar-refractivity contribution in [3.8, 4) is 11.4 Å². The fraction of sp³-hybridized carbons (Fsp3) is 0.500. The van der Waals surface area contributed by atoms with Crippen molar-refractivity contribution in [2.75, 3.05) is 0 Å². The average Bonchev–Trinajstić information content (AvgIpc) is 2.84. The van der Waals surface area contributed by atoms with Crippen LogP contribution in [0.1, 0.15) is 49.5 Å². The van der Waals surface area contributed by atoms with Gasteiger partial charge in [-0.15, -0.1) is 0 Å². The summed E-state index contributed by atoms with van der Waals surface area (Å²) in [6.07, 6.45) is 3.04. The molecule has 0 amide bonds. The number of aromatic nitrogens is 3. The molecule has 0 aliphatic rings. The summed E-state index contributed by atoms with van der Waals surface area (Å²) in [6, 6.07) is 3.71. The molecular weight excluding hydrogens is 240 g/mol. The van der Waals surface area contributed by atoms with Crippen LogP contribution in [0.4, 0.5) is 0 Å². The summed E-state index contributed by atoms with van der Waals surface area (Å²) in [7, 11) is 0. The molecule has 0 fully saturated rings. The zero-order chi connectivity index (χ0) is 13.8. The van der Waals surface area contributed by atoms with Crippen LogP contribution in [0.5, 0.6) is 0 Å². The first kappa shape index (κ1) is 13.7. The quantitative estimate of drug-likeness (QED) is 0.894. The Morgan fingerprint density at radius 1 is 1.21 bits per heavy atom. The van der Waals surface area contributed by atoms with Crippen molar-refractivity contribution in [3.63, 3.8) is 0 Å². The van der Waals surface area contributed by atoms with E-state index in [4.69, 9.17) is 10.3 Å². The maximum Gasteiger partial charge on any atom is 0.243 e. The summed E-state index contributed by atoms with van der Waals surface area (Å²) in [5, 5.41) is 4.00. The molecule has 5 nitrogen and oxygen atoms in total. The van der Waals surface area contributed by atoms with Gasteiger partial charge in [-0.25, -0.2) is 0 Å². The number of unbranched alkanes of at least 4 members (excludes halogenated alkanes) is 1. The summed E-state index contributed by atoms with van der Waals surface area (Å²) in [5.41, 5.74) is 8.83. The number of hydrogen-bond donors (Lipinski definition) is 1. The van der Waals surface area contributed by atoms with Gasteiger partial charge in [0.05, 0.1) is 6.04 Å². The first-order valence-corrected chi connectivity index (χ1v) is 6.65. The van der Waals surface area contributed by atoms with E-state index in [0.29, 0.717) is 11.7 Å². The minimum absolute atomic E-state index is 0.176. The molecule has 102 valence electrons. The predicted molar refractivity (Wildman–Crippen MR) is 73.5 cm³/mol. The zero-order valence-electron chi connectivity index (χ0n) is 11.7. The van der Waals surface area contributed by atoms with Crippen molar-refractivity contribution in [1.82, 2.24) is 15.1 Å². The lowest BCUT2D eigenvalue weighted by atomic mass is 10.1. The second-order valence-corrected chi connectivity index (χ2v) is 4.84. The molecule has 2 rings (SSSR count). The fourth-order valence-electron chi connectivity index (χ4n) is 2.01. The van der Waals surface area contributed by atoms with Crippen molar-refractivity contribution in [2.45, 2.75) is 46.1 Å². The van der Waals surface area contributed by atoms with E-state index in [9.17, 15) is 0 Å². The Kier molecular flexibility index (Phi) is 4.27. The van der Waals surface area contributed by atoms with E-state index in [1.54, 1.807) is 0 Å². The molecule has 0 aliphatic heterocycles. The lowest BCUT2D eigenvalue weighted by Crippen LogP contribution is -2.10. The SMILES string of the molecule is CCCCC(N)c1nc(-c2cc(C)nc(C)c2)no1. The van der Waals surface area contributed by atoms with Gasteiger partial charge in [0.1, 0.15) is 0 Å². The van der Waals surface area contributed by atoms with E-state index >= 15 is 0 Å². The van der Waals surface area contributed by atoms with Gasteiger partial charge in [-0.3, -0.25) is 4.98 Å². The van der Waals surface area contributed by atoms with Crippen LogP contribution in [0, 0.1) is 13.8 Å². The summed E-state index contributed by atoms with van der Waals surface area (Å²) in [4.78, 5) is 8.72. The van der Waals surface area contributed by atoms with Crippen molar-refractivity contribution in [1.29, 1.82) is 0 Å². The second-order valence-electron chi connectivity index (χ2n) is 4.84. The molecular formula is C14H20N4O. The van der Waals surface area contributed by atoms with Gasteiger partial charge in [0.15, 0.2) is 0 Å². The molecule has 0 radical (unpaired) electrons. The largest absolute Gasteiger partial charge is 0.337 e. The summed E-state index contributed by atoms with van der Waals surface area (Å²) < 4.78 is 5.25. The van der Waals surface area contributed by atoms with Gasteiger partial charge < -0.3 is 10.3 Å². The fourth-order valence-corrected chi connectivity index (χ4v) is 2.01. The third-order valence-electron chi connectivity index (χ3n) is 2.97. The maximum atomic E-state index is 6.02. The highest BCUT2D eigenvalue weighted by molar-refractivity contribution is 5.55.